The van der Waals surface area contributed by atoms with Crippen LogP contribution in [0.3, 0.4) is 0 Å². The molecule has 0 unspecified atom stereocenters. The molecule has 0 aliphatic rings. The van der Waals surface area contributed by atoms with E-state index >= 15 is 0 Å². The topological polar surface area (TPSA) is 90.1 Å². The maximum absolute atomic E-state index is 11.6. The standard InChI is InChI=1S/C18H16N4O2/c1-3-16(23)22-14-6-7-15(17-12(14)5-4-8-20-17)24-18-13(19)9-11(2)10-21-18/h3-10H,1,19H2,2H3,(H,22,23). The van der Waals surface area contributed by atoms with Gasteiger partial charge in [-0.2, -0.15) is 0 Å². The fourth-order valence-corrected chi connectivity index (χ4v) is 2.29. The molecule has 0 fully saturated rings. The van der Waals surface area contributed by atoms with E-state index in [9.17, 15) is 4.79 Å². The summed E-state index contributed by atoms with van der Waals surface area (Å²) in [5.41, 5.74) is 8.57. The Labute approximate surface area is 139 Å². The Morgan fingerprint density at radius 3 is 2.92 bits per heavy atom. The normalized spacial score (nSPS) is 10.4. The second-order valence-electron chi connectivity index (χ2n) is 5.21. The number of hydrogen-bond donors (Lipinski definition) is 2. The molecule has 0 atom stereocenters. The highest BCUT2D eigenvalue weighted by atomic mass is 16.5. The van der Waals surface area contributed by atoms with Crippen molar-refractivity contribution in [2.75, 3.05) is 11.1 Å². The third-order valence-corrected chi connectivity index (χ3v) is 3.40. The van der Waals surface area contributed by atoms with E-state index in [0.29, 0.717) is 28.5 Å². The molecule has 120 valence electrons. The lowest BCUT2D eigenvalue weighted by Crippen LogP contribution is -2.08. The van der Waals surface area contributed by atoms with Gasteiger partial charge in [-0.15, -0.1) is 0 Å². The number of benzene rings is 1. The Kier molecular flexibility index (Phi) is 4.11. The number of nitrogens with two attached hydrogens (primary N) is 1. The number of carbonyl (C=O) groups is 1. The SMILES string of the molecule is C=CC(=O)Nc1ccc(Oc2ncc(C)cc2N)c2ncccc12. The highest BCUT2D eigenvalue weighted by molar-refractivity contribution is 6.06. The summed E-state index contributed by atoms with van der Waals surface area (Å²) >= 11 is 0. The number of hydrogen-bond acceptors (Lipinski definition) is 5. The molecular weight excluding hydrogens is 304 g/mol. The third-order valence-electron chi connectivity index (χ3n) is 3.40. The number of anilines is 2. The van der Waals surface area contributed by atoms with Crippen molar-refractivity contribution in [2.45, 2.75) is 6.92 Å². The average molecular weight is 320 g/mol. The zero-order chi connectivity index (χ0) is 17.1. The lowest BCUT2D eigenvalue weighted by Gasteiger charge is -2.12. The molecule has 2 aromatic heterocycles. The van der Waals surface area contributed by atoms with E-state index in [4.69, 9.17) is 10.5 Å². The van der Waals surface area contributed by atoms with Crippen molar-refractivity contribution < 1.29 is 9.53 Å². The summed E-state index contributed by atoms with van der Waals surface area (Å²) in [6, 6.07) is 8.88. The Morgan fingerprint density at radius 1 is 1.33 bits per heavy atom. The molecule has 6 nitrogen and oxygen atoms in total. The quantitative estimate of drug-likeness (QED) is 0.719. The van der Waals surface area contributed by atoms with Crippen LogP contribution in [0.15, 0.2) is 55.4 Å². The Balaban J connectivity index is 2.05. The number of aromatic nitrogens is 2. The first kappa shape index (κ1) is 15.5. The molecule has 0 aliphatic carbocycles. The van der Waals surface area contributed by atoms with E-state index in [1.165, 1.54) is 6.08 Å². The lowest BCUT2D eigenvalue weighted by molar-refractivity contribution is -0.111. The molecule has 0 bridgehead atoms. The number of fused-ring (bicyclic) bond motifs is 1. The number of nitrogens with zero attached hydrogens (tertiary/aromatic N) is 2. The molecule has 3 aromatic rings. The maximum Gasteiger partial charge on any atom is 0.247 e. The highest BCUT2D eigenvalue weighted by Crippen LogP contribution is 2.34. The van der Waals surface area contributed by atoms with Crippen molar-refractivity contribution >= 4 is 28.2 Å². The molecule has 0 saturated carbocycles. The summed E-state index contributed by atoms with van der Waals surface area (Å²) < 4.78 is 5.83. The summed E-state index contributed by atoms with van der Waals surface area (Å²) in [6.07, 6.45) is 4.55. The van der Waals surface area contributed by atoms with Gasteiger partial charge in [-0.25, -0.2) is 4.98 Å². The number of amides is 1. The Bertz CT molecular complexity index is 937. The lowest BCUT2D eigenvalue weighted by atomic mass is 10.1. The van der Waals surface area contributed by atoms with Crippen molar-refractivity contribution in [3.8, 4) is 11.6 Å². The summed E-state index contributed by atoms with van der Waals surface area (Å²) in [7, 11) is 0. The number of nitrogen functional groups attached to an aromatic ring is 1. The van der Waals surface area contributed by atoms with Crippen LogP contribution in [0.2, 0.25) is 0 Å². The van der Waals surface area contributed by atoms with Gasteiger partial charge in [0, 0.05) is 17.8 Å². The first-order valence-electron chi connectivity index (χ1n) is 7.29. The van der Waals surface area contributed by atoms with E-state index in [-0.39, 0.29) is 5.91 Å². The number of rotatable bonds is 4. The Hall–Kier alpha value is -3.41. The minimum Gasteiger partial charge on any atom is -0.435 e. The fourth-order valence-electron chi connectivity index (χ4n) is 2.29. The molecule has 3 rings (SSSR count). The smallest absolute Gasteiger partial charge is 0.247 e. The van der Waals surface area contributed by atoms with Crippen LogP contribution < -0.4 is 15.8 Å². The van der Waals surface area contributed by atoms with Gasteiger partial charge in [-0.05, 0) is 48.9 Å². The van der Waals surface area contributed by atoms with Crippen LogP contribution in [-0.4, -0.2) is 15.9 Å². The zero-order valence-electron chi connectivity index (χ0n) is 13.1. The summed E-state index contributed by atoms with van der Waals surface area (Å²) in [4.78, 5) is 20.1. The van der Waals surface area contributed by atoms with Crippen LogP contribution in [0.25, 0.3) is 10.9 Å². The molecule has 1 amide bonds. The van der Waals surface area contributed by atoms with Crippen molar-refractivity contribution in [2.24, 2.45) is 0 Å². The van der Waals surface area contributed by atoms with Gasteiger partial charge in [0.25, 0.3) is 0 Å². The first-order valence-corrected chi connectivity index (χ1v) is 7.29. The number of aryl methyl sites for hydroxylation is 1. The van der Waals surface area contributed by atoms with E-state index < -0.39 is 0 Å². The minimum atomic E-state index is -0.293. The molecule has 0 spiro atoms. The van der Waals surface area contributed by atoms with E-state index in [1.807, 2.05) is 13.0 Å². The summed E-state index contributed by atoms with van der Waals surface area (Å²) in [5.74, 6) is 0.527. The van der Waals surface area contributed by atoms with Crippen LogP contribution in [0.5, 0.6) is 11.6 Å². The van der Waals surface area contributed by atoms with Gasteiger partial charge in [-0.3, -0.25) is 9.78 Å². The molecule has 6 heteroatoms. The highest BCUT2D eigenvalue weighted by Gasteiger charge is 2.12. The number of ether oxygens (including phenoxy) is 1. The third kappa shape index (κ3) is 3.03. The van der Waals surface area contributed by atoms with Gasteiger partial charge in [0.15, 0.2) is 5.75 Å². The minimum absolute atomic E-state index is 0.293. The van der Waals surface area contributed by atoms with Gasteiger partial charge in [0.2, 0.25) is 11.8 Å². The molecule has 0 aliphatic heterocycles. The number of pyridine rings is 2. The van der Waals surface area contributed by atoms with Crippen molar-refractivity contribution in [1.82, 2.24) is 9.97 Å². The van der Waals surface area contributed by atoms with E-state index in [1.54, 1.807) is 36.7 Å². The van der Waals surface area contributed by atoms with Gasteiger partial charge < -0.3 is 15.8 Å². The van der Waals surface area contributed by atoms with Gasteiger partial charge in [0.05, 0.1) is 11.4 Å². The first-order chi connectivity index (χ1) is 11.6. The number of nitrogens with one attached hydrogen (secondary N) is 1. The van der Waals surface area contributed by atoms with Gasteiger partial charge in [-0.1, -0.05) is 6.58 Å². The van der Waals surface area contributed by atoms with Crippen molar-refractivity contribution in [1.29, 1.82) is 0 Å². The van der Waals surface area contributed by atoms with Crippen LogP contribution in [0, 0.1) is 6.92 Å². The largest absolute Gasteiger partial charge is 0.435 e. The fraction of sp³-hybridized carbons (Fsp3) is 0.0556. The van der Waals surface area contributed by atoms with Crippen LogP contribution in [-0.2, 0) is 4.79 Å². The second-order valence-corrected chi connectivity index (χ2v) is 5.21. The van der Waals surface area contributed by atoms with Crippen molar-refractivity contribution in [3.05, 3.63) is 60.9 Å². The molecule has 24 heavy (non-hydrogen) atoms. The van der Waals surface area contributed by atoms with E-state index in [2.05, 4.69) is 21.9 Å². The van der Waals surface area contributed by atoms with Crippen LogP contribution >= 0.6 is 0 Å². The second kappa shape index (κ2) is 6.37. The molecular formula is C18H16N4O2. The predicted octanol–water partition coefficient (Wildman–Crippen LogP) is 3.44. The van der Waals surface area contributed by atoms with Gasteiger partial charge in [0.1, 0.15) is 5.52 Å². The Morgan fingerprint density at radius 2 is 2.17 bits per heavy atom. The van der Waals surface area contributed by atoms with E-state index in [0.717, 1.165) is 10.9 Å². The average Bonchev–Trinajstić information content (AvgIpc) is 2.59. The summed E-state index contributed by atoms with van der Waals surface area (Å²) in [6.45, 7) is 5.36. The van der Waals surface area contributed by atoms with Crippen molar-refractivity contribution in [3.63, 3.8) is 0 Å². The predicted molar refractivity (Wildman–Crippen MR) is 94.0 cm³/mol. The number of carbonyl (C=O) groups excluding carboxylic acids is 1. The molecule has 1 aromatic carbocycles. The molecule has 0 saturated heterocycles. The zero-order valence-corrected chi connectivity index (χ0v) is 13.1. The molecule has 3 N–H and O–H groups in total. The van der Waals surface area contributed by atoms with Crippen LogP contribution in [0.1, 0.15) is 5.56 Å². The summed E-state index contributed by atoms with van der Waals surface area (Å²) in [5, 5.41) is 3.50. The molecule has 2 heterocycles. The molecule has 0 radical (unpaired) electrons. The van der Waals surface area contributed by atoms with Crippen LogP contribution in [0.4, 0.5) is 11.4 Å². The van der Waals surface area contributed by atoms with Gasteiger partial charge >= 0.3 is 0 Å². The maximum atomic E-state index is 11.6. The monoisotopic (exact) mass is 320 g/mol.